The summed E-state index contributed by atoms with van der Waals surface area (Å²) >= 11 is 12.8. The van der Waals surface area contributed by atoms with Crippen LogP contribution < -0.4 is 19.1 Å². The average molecular weight is 815 g/mol. The molecule has 2 N–H and O–H groups in total. The molecule has 56 heavy (non-hydrogen) atoms. The highest BCUT2D eigenvalue weighted by molar-refractivity contribution is 6.35. The molecule has 4 fully saturated rings. The number of aromatic hydroxyl groups is 2. The number of aromatic nitrogens is 1. The number of esters is 1. The Morgan fingerprint density at radius 2 is 1.70 bits per heavy atom. The van der Waals surface area contributed by atoms with Gasteiger partial charge < -0.3 is 34.4 Å². The second-order valence-electron chi connectivity index (χ2n) is 14.2. The second-order valence-corrected chi connectivity index (χ2v) is 15.0. The highest BCUT2D eigenvalue weighted by Crippen LogP contribution is 2.39. The number of rotatable bonds is 14. The molecule has 2 bridgehead atoms. The van der Waals surface area contributed by atoms with Crippen molar-refractivity contribution in [3.05, 3.63) is 111 Å². The van der Waals surface area contributed by atoms with E-state index in [2.05, 4.69) is 4.90 Å². The van der Waals surface area contributed by atoms with E-state index in [-0.39, 0.29) is 92.7 Å². The fraction of sp³-hybridized carbons (Fsp3) is 0.375. The maximum atomic E-state index is 14.0. The largest absolute Gasteiger partial charge is 0.619 e. The zero-order valence-corrected chi connectivity index (χ0v) is 31.5. The van der Waals surface area contributed by atoms with E-state index in [1.807, 2.05) is 0 Å². The fourth-order valence-corrected chi connectivity index (χ4v) is 7.69. The first-order valence-corrected chi connectivity index (χ1v) is 19.0. The van der Waals surface area contributed by atoms with Crippen molar-refractivity contribution in [2.24, 2.45) is 11.8 Å². The van der Waals surface area contributed by atoms with Gasteiger partial charge in [-0.2, -0.15) is 13.5 Å². The lowest BCUT2D eigenvalue weighted by Crippen LogP contribution is -2.53. The van der Waals surface area contributed by atoms with Gasteiger partial charge in [0.1, 0.15) is 39.3 Å². The van der Waals surface area contributed by atoms with Crippen LogP contribution in [0.15, 0.2) is 73.1 Å². The summed E-state index contributed by atoms with van der Waals surface area (Å²) in [6.45, 7) is -0.661. The Morgan fingerprint density at radius 1 is 0.964 bits per heavy atom. The highest BCUT2D eigenvalue weighted by Gasteiger charge is 2.38. The van der Waals surface area contributed by atoms with Gasteiger partial charge in [-0.25, -0.2) is 9.59 Å². The summed E-state index contributed by atoms with van der Waals surface area (Å²) in [6, 6.07) is 14.7. The van der Waals surface area contributed by atoms with Crippen LogP contribution in [0.1, 0.15) is 58.8 Å². The van der Waals surface area contributed by atoms with Crippen molar-refractivity contribution in [2.45, 2.75) is 57.5 Å². The molecule has 16 heteroatoms. The molecule has 12 nitrogen and oxygen atoms in total. The number of ether oxygens (including phenoxy) is 4. The smallest absolute Gasteiger partial charge is 0.415 e. The van der Waals surface area contributed by atoms with Crippen LogP contribution in [0.25, 0.3) is 0 Å². The quantitative estimate of drug-likeness (QED) is 0.0735. The van der Waals surface area contributed by atoms with Gasteiger partial charge in [0, 0.05) is 24.1 Å². The summed E-state index contributed by atoms with van der Waals surface area (Å²) in [5.41, 5.74) is 0.559. The molecule has 4 aromatic rings. The number of piperidine rings is 3. The topological polar surface area (TPSA) is 145 Å². The number of pyridine rings is 1. The molecule has 2 atom stereocenters. The number of carbonyl (C=O) groups is 2. The SMILES string of the molecule is O=C(OC(Cc1c(Cl)c[n+]([O-])cc1Cl)c1ccc(OC(F)F)c(OCC2CC2)c1)c1cccc(CN(C(=O)O[C@H]2CN3CCC2CC3)c2ccccc2O)c1O. The molecule has 1 aromatic heterocycles. The third kappa shape index (κ3) is 9.14. The number of carbonyl (C=O) groups excluding carboxylic acids is 2. The molecule has 1 unspecified atom stereocenters. The molecule has 1 aliphatic carbocycles. The van der Waals surface area contributed by atoms with Crippen LogP contribution in [-0.4, -0.2) is 66.1 Å². The molecule has 4 aliphatic rings. The first-order valence-electron chi connectivity index (χ1n) is 18.2. The normalized spacial score (nSPS) is 19.3. The molecule has 0 spiro atoms. The van der Waals surface area contributed by atoms with Crippen molar-refractivity contribution in [1.29, 1.82) is 0 Å². The Hall–Kier alpha value is -5.05. The number of nitrogens with zero attached hydrogens (tertiary/aromatic N) is 3. The van der Waals surface area contributed by atoms with Gasteiger partial charge in [0.15, 0.2) is 23.9 Å². The second kappa shape index (κ2) is 17.0. The van der Waals surface area contributed by atoms with Gasteiger partial charge in [-0.15, -0.1) is 0 Å². The lowest BCUT2D eigenvalue weighted by Gasteiger charge is -2.44. The van der Waals surface area contributed by atoms with Crippen LogP contribution in [0, 0.1) is 17.0 Å². The number of fused-ring (bicyclic) bond motifs is 3. The summed E-state index contributed by atoms with van der Waals surface area (Å²) in [5, 5.41) is 34.3. The number of alkyl halides is 2. The third-order valence-electron chi connectivity index (χ3n) is 10.3. The summed E-state index contributed by atoms with van der Waals surface area (Å²) in [5.74, 6) is -1.42. The minimum Gasteiger partial charge on any atom is -0.619 e. The summed E-state index contributed by atoms with van der Waals surface area (Å²) in [4.78, 5) is 31.3. The average Bonchev–Trinajstić information content (AvgIpc) is 4.00. The Labute approximate surface area is 331 Å². The molecule has 3 aliphatic heterocycles. The fourth-order valence-electron chi connectivity index (χ4n) is 7.09. The number of phenols is 2. The van der Waals surface area contributed by atoms with E-state index in [1.165, 1.54) is 47.4 Å². The molecule has 3 aromatic carbocycles. The standard InChI is InChI=1S/C40H39Cl2F2N3O9/c41-29-19-46(52)20-30(42)28(29)17-34(25-10-11-33(55-39(43)44)35(16-25)53-22-23-8-9-23)54-38(50)27-5-3-4-26(37(27)49)18-47(31-6-1-2-7-32(31)48)40(51)56-36-21-45-14-12-24(36)13-15-45/h1-7,10-11,16,19-20,23-24,34,36,39,48-49H,8-9,12-15,17-18,21-22H2/t34?,36-/m0/s1. The lowest BCUT2D eigenvalue weighted by atomic mass is 9.86. The van der Waals surface area contributed by atoms with Crippen LogP contribution in [-0.2, 0) is 22.4 Å². The Bertz CT molecular complexity index is 2060. The molecule has 8 rings (SSSR count). The van der Waals surface area contributed by atoms with Crippen LogP contribution >= 0.6 is 23.2 Å². The number of phenolic OH excluding ortho intramolecular Hbond substituents is 2. The molecular formula is C40H39Cl2F2N3O9. The number of benzene rings is 3. The van der Waals surface area contributed by atoms with Gasteiger partial charge in [0.05, 0.1) is 18.8 Å². The van der Waals surface area contributed by atoms with Crippen molar-refractivity contribution in [1.82, 2.24) is 4.90 Å². The van der Waals surface area contributed by atoms with E-state index in [1.54, 1.807) is 18.2 Å². The Kier molecular flexibility index (Phi) is 11.9. The molecular weight excluding hydrogens is 775 g/mol. The molecule has 1 amide bonds. The van der Waals surface area contributed by atoms with Crippen LogP contribution in [0.5, 0.6) is 23.0 Å². The van der Waals surface area contributed by atoms with Crippen LogP contribution in [0.2, 0.25) is 10.0 Å². The van der Waals surface area contributed by atoms with Gasteiger partial charge in [-0.05, 0) is 86.5 Å². The van der Waals surface area contributed by atoms with Crippen LogP contribution in [0.4, 0.5) is 19.3 Å². The van der Waals surface area contributed by atoms with E-state index < -0.39 is 30.5 Å². The van der Waals surface area contributed by atoms with Gasteiger partial charge in [0.2, 0.25) is 0 Å². The number of para-hydroxylation sites is 3. The minimum atomic E-state index is -3.13. The molecule has 1 saturated carbocycles. The zero-order valence-electron chi connectivity index (χ0n) is 30.0. The Balaban J connectivity index is 1.18. The first-order chi connectivity index (χ1) is 26.9. The third-order valence-corrected chi connectivity index (χ3v) is 11.0. The zero-order chi connectivity index (χ0) is 39.5. The van der Waals surface area contributed by atoms with E-state index in [0.29, 0.717) is 11.3 Å². The summed E-state index contributed by atoms with van der Waals surface area (Å²) in [7, 11) is 0. The highest BCUT2D eigenvalue weighted by atomic mass is 35.5. The van der Waals surface area contributed by atoms with Crippen molar-refractivity contribution < 1.29 is 52.3 Å². The van der Waals surface area contributed by atoms with Gasteiger partial charge in [-0.3, -0.25) is 9.80 Å². The van der Waals surface area contributed by atoms with Crippen molar-refractivity contribution in [3.8, 4) is 23.0 Å². The number of halogens is 4. The maximum Gasteiger partial charge on any atom is 0.415 e. The summed E-state index contributed by atoms with van der Waals surface area (Å²) in [6.07, 6.45) is 3.40. The number of anilines is 1. The predicted octanol–water partition coefficient (Wildman–Crippen LogP) is 7.81. The van der Waals surface area contributed by atoms with E-state index >= 15 is 0 Å². The van der Waals surface area contributed by atoms with Crippen molar-refractivity contribution >= 4 is 41.0 Å². The van der Waals surface area contributed by atoms with Crippen molar-refractivity contribution in [3.63, 3.8) is 0 Å². The van der Waals surface area contributed by atoms with Crippen molar-refractivity contribution in [2.75, 3.05) is 31.1 Å². The molecule has 0 radical (unpaired) electrons. The maximum absolute atomic E-state index is 14.0. The number of amides is 1. The number of hydrogen-bond donors (Lipinski definition) is 2. The molecule has 3 saturated heterocycles. The van der Waals surface area contributed by atoms with E-state index in [9.17, 15) is 33.8 Å². The monoisotopic (exact) mass is 813 g/mol. The Morgan fingerprint density at radius 3 is 2.36 bits per heavy atom. The van der Waals surface area contributed by atoms with Gasteiger partial charge in [0.25, 0.3) is 0 Å². The first kappa shape index (κ1) is 39.2. The van der Waals surface area contributed by atoms with Gasteiger partial charge >= 0.3 is 18.7 Å². The minimum absolute atomic E-state index is 0.00219. The lowest BCUT2D eigenvalue weighted by molar-refractivity contribution is -0.605. The van der Waals surface area contributed by atoms with E-state index in [0.717, 1.165) is 51.2 Å². The summed E-state index contributed by atoms with van der Waals surface area (Å²) < 4.78 is 49.6. The molecule has 4 heterocycles. The number of hydrogen-bond acceptors (Lipinski definition) is 10. The molecule has 296 valence electrons. The predicted molar refractivity (Wildman–Crippen MR) is 200 cm³/mol. The van der Waals surface area contributed by atoms with E-state index in [4.69, 9.17) is 42.1 Å². The van der Waals surface area contributed by atoms with Gasteiger partial charge in [-0.1, -0.05) is 53.5 Å². The van der Waals surface area contributed by atoms with Crippen LogP contribution in [0.3, 0.4) is 0 Å².